The first kappa shape index (κ1) is 17.6. The van der Waals surface area contributed by atoms with E-state index in [1.54, 1.807) is 4.90 Å². The first-order chi connectivity index (χ1) is 9.83. The Morgan fingerprint density at radius 3 is 2.67 bits per heavy atom. The lowest BCUT2D eigenvalue weighted by Crippen LogP contribution is -2.40. The summed E-state index contributed by atoms with van der Waals surface area (Å²) in [5.41, 5.74) is 0. The van der Waals surface area contributed by atoms with Crippen molar-refractivity contribution in [3.8, 4) is 0 Å². The Bertz CT molecular complexity index is 568. The second kappa shape index (κ2) is 7.51. The SMILES string of the molecule is CCCN(C(=O)n1cnc(S(=O)(=O)CCOC)n1)C(C)C. The molecule has 9 heteroatoms. The minimum Gasteiger partial charge on any atom is -0.384 e. The van der Waals surface area contributed by atoms with Crippen LogP contribution in [0.4, 0.5) is 4.79 Å². The molecule has 0 fully saturated rings. The van der Waals surface area contributed by atoms with E-state index in [2.05, 4.69) is 10.1 Å². The predicted molar refractivity (Wildman–Crippen MR) is 76.9 cm³/mol. The van der Waals surface area contributed by atoms with Gasteiger partial charge in [0.05, 0.1) is 12.4 Å². The van der Waals surface area contributed by atoms with Gasteiger partial charge >= 0.3 is 6.03 Å². The van der Waals surface area contributed by atoms with Gasteiger partial charge in [0.2, 0.25) is 9.84 Å². The predicted octanol–water partition coefficient (Wildman–Crippen LogP) is 0.787. The van der Waals surface area contributed by atoms with Crippen molar-refractivity contribution in [2.24, 2.45) is 0 Å². The van der Waals surface area contributed by atoms with Gasteiger partial charge in [-0.1, -0.05) is 6.92 Å². The number of rotatable bonds is 7. The van der Waals surface area contributed by atoms with E-state index < -0.39 is 9.84 Å². The van der Waals surface area contributed by atoms with Crippen LogP contribution in [0.1, 0.15) is 27.2 Å². The van der Waals surface area contributed by atoms with Crippen LogP contribution < -0.4 is 0 Å². The fourth-order valence-electron chi connectivity index (χ4n) is 1.71. The molecular weight excluding hydrogens is 296 g/mol. The van der Waals surface area contributed by atoms with Crippen LogP contribution in [-0.2, 0) is 14.6 Å². The van der Waals surface area contributed by atoms with Crippen LogP contribution in [0.5, 0.6) is 0 Å². The van der Waals surface area contributed by atoms with E-state index in [0.717, 1.165) is 17.4 Å². The van der Waals surface area contributed by atoms with Crippen molar-refractivity contribution < 1.29 is 17.9 Å². The number of hydrogen-bond acceptors (Lipinski definition) is 6. The van der Waals surface area contributed by atoms with E-state index >= 15 is 0 Å². The van der Waals surface area contributed by atoms with Gasteiger partial charge in [-0.05, 0) is 20.3 Å². The highest BCUT2D eigenvalue weighted by Gasteiger charge is 2.24. The number of sulfone groups is 1. The van der Waals surface area contributed by atoms with Gasteiger partial charge in [0.15, 0.2) is 0 Å². The fourth-order valence-corrected chi connectivity index (χ4v) is 2.70. The number of ether oxygens (including phenoxy) is 1. The normalized spacial score (nSPS) is 11.9. The Morgan fingerprint density at radius 2 is 2.14 bits per heavy atom. The van der Waals surface area contributed by atoms with E-state index in [9.17, 15) is 13.2 Å². The number of methoxy groups -OCH3 is 1. The van der Waals surface area contributed by atoms with Gasteiger partial charge in [-0.2, -0.15) is 4.68 Å². The smallest absolute Gasteiger partial charge is 0.346 e. The molecule has 0 saturated carbocycles. The van der Waals surface area contributed by atoms with E-state index in [1.165, 1.54) is 7.11 Å². The molecule has 8 nitrogen and oxygen atoms in total. The van der Waals surface area contributed by atoms with Gasteiger partial charge < -0.3 is 9.64 Å². The molecule has 0 bridgehead atoms. The highest BCUT2D eigenvalue weighted by atomic mass is 32.2. The van der Waals surface area contributed by atoms with Gasteiger partial charge in [-0.25, -0.2) is 18.2 Å². The van der Waals surface area contributed by atoms with Crippen molar-refractivity contribution in [2.75, 3.05) is 26.0 Å². The number of carbonyl (C=O) groups excluding carboxylic acids is 1. The Morgan fingerprint density at radius 1 is 1.48 bits per heavy atom. The van der Waals surface area contributed by atoms with Crippen molar-refractivity contribution in [3.05, 3.63) is 6.33 Å². The summed E-state index contributed by atoms with van der Waals surface area (Å²) in [6, 6.07) is -0.386. The van der Waals surface area contributed by atoms with E-state index in [1.807, 2.05) is 20.8 Å². The molecule has 0 radical (unpaired) electrons. The zero-order chi connectivity index (χ0) is 16.0. The van der Waals surface area contributed by atoms with Crippen molar-refractivity contribution in [1.82, 2.24) is 19.7 Å². The lowest BCUT2D eigenvalue weighted by Gasteiger charge is -2.25. The van der Waals surface area contributed by atoms with Crippen molar-refractivity contribution in [1.29, 1.82) is 0 Å². The van der Waals surface area contributed by atoms with Crippen molar-refractivity contribution >= 4 is 15.9 Å². The van der Waals surface area contributed by atoms with Crippen LogP contribution in [0.15, 0.2) is 11.5 Å². The van der Waals surface area contributed by atoms with Gasteiger partial charge in [0.1, 0.15) is 6.33 Å². The fraction of sp³-hybridized carbons (Fsp3) is 0.750. The largest absolute Gasteiger partial charge is 0.384 e. The summed E-state index contributed by atoms with van der Waals surface area (Å²) in [4.78, 5) is 17.6. The average Bonchev–Trinajstić information content (AvgIpc) is 2.92. The molecule has 0 atom stereocenters. The number of nitrogens with zero attached hydrogens (tertiary/aromatic N) is 4. The van der Waals surface area contributed by atoms with Crippen LogP contribution in [0.2, 0.25) is 0 Å². The third-order valence-electron chi connectivity index (χ3n) is 2.83. The third kappa shape index (κ3) is 4.50. The second-order valence-corrected chi connectivity index (χ2v) is 6.86. The maximum absolute atomic E-state index is 12.3. The monoisotopic (exact) mass is 318 g/mol. The molecule has 0 unspecified atom stereocenters. The Labute approximate surface area is 125 Å². The zero-order valence-corrected chi connectivity index (χ0v) is 13.6. The zero-order valence-electron chi connectivity index (χ0n) is 12.8. The van der Waals surface area contributed by atoms with Crippen molar-refractivity contribution in [2.45, 2.75) is 38.4 Å². The van der Waals surface area contributed by atoms with Crippen LogP contribution in [0.3, 0.4) is 0 Å². The van der Waals surface area contributed by atoms with Crippen LogP contribution in [0, 0.1) is 0 Å². The molecule has 0 spiro atoms. The maximum Gasteiger partial charge on any atom is 0.346 e. The van der Waals surface area contributed by atoms with Crippen molar-refractivity contribution in [3.63, 3.8) is 0 Å². The standard InChI is InChI=1S/C12H22N4O4S/c1-5-6-15(10(2)3)12(17)16-9-13-11(14-16)21(18,19)8-7-20-4/h9-10H,5-8H2,1-4H3. The summed E-state index contributed by atoms with van der Waals surface area (Å²) >= 11 is 0. The molecule has 0 aliphatic heterocycles. The van der Waals surface area contributed by atoms with Gasteiger partial charge in [-0.3, -0.25) is 0 Å². The first-order valence-corrected chi connectivity index (χ1v) is 8.43. The summed E-state index contributed by atoms with van der Waals surface area (Å²) < 4.78 is 29.5. The summed E-state index contributed by atoms with van der Waals surface area (Å²) in [5, 5.41) is 3.44. The summed E-state index contributed by atoms with van der Waals surface area (Å²) in [6.45, 7) is 6.37. The molecule has 0 aromatic carbocycles. The average molecular weight is 318 g/mol. The quantitative estimate of drug-likeness (QED) is 0.737. The Hall–Kier alpha value is -1.48. The van der Waals surface area contributed by atoms with Gasteiger partial charge in [0.25, 0.3) is 5.16 Å². The number of hydrogen-bond donors (Lipinski definition) is 0. The van der Waals surface area contributed by atoms with E-state index in [4.69, 9.17) is 4.74 Å². The maximum atomic E-state index is 12.3. The second-order valence-electron chi connectivity index (χ2n) is 4.85. The molecule has 0 aliphatic carbocycles. The Kier molecular flexibility index (Phi) is 6.28. The molecule has 1 aromatic heterocycles. The summed E-state index contributed by atoms with van der Waals surface area (Å²) in [6.07, 6.45) is 1.94. The van der Waals surface area contributed by atoms with Crippen LogP contribution in [0.25, 0.3) is 0 Å². The number of aromatic nitrogens is 3. The molecule has 1 aromatic rings. The Balaban J connectivity index is 2.94. The summed E-state index contributed by atoms with van der Waals surface area (Å²) in [7, 11) is -2.22. The number of amides is 1. The molecule has 0 N–H and O–H groups in total. The molecule has 1 rings (SSSR count). The molecule has 120 valence electrons. The lowest BCUT2D eigenvalue weighted by molar-refractivity contribution is 0.181. The van der Waals surface area contributed by atoms with E-state index in [0.29, 0.717) is 6.54 Å². The highest BCUT2D eigenvalue weighted by molar-refractivity contribution is 7.91. The van der Waals surface area contributed by atoms with Crippen LogP contribution in [-0.4, -0.2) is 66.2 Å². The molecule has 1 heterocycles. The van der Waals surface area contributed by atoms with Crippen LogP contribution >= 0.6 is 0 Å². The summed E-state index contributed by atoms with van der Waals surface area (Å²) in [5.74, 6) is -0.218. The minimum absolute atomic E-state index is 0.00445. The number of carbonyl (C=O) groups is 1. The highest BCUT2D eigenvalue weighted by Crippen LogP contribution is 2.07. The first-order valence-electron chi connectivity index (χ1n) is 6.77. The molecule has 0 saturated heterocycles. The third-order valence-corrected chi connectivity index (χ3v) is 4.28. The van der Waals surface area contributed by atoms with E-state index in [-0.39, 0.29) is 29.6 Å². The molecule has 21 heavy (non-hydrogen) atoms. The van der Waals surface area contributed by atoms with Gasteiger partial charge in [-0.15, -0.1) is 5.10 Å². The minimum atomic E-state index is -3.63. The molecular formula is C12H22N4O4S. The lowest BCUT2D eigenvalue weighted by atomic mass is 10.3. The molecule has 0 aliphatic rings. The topological polar surface area (TPSA) is 94.4 Å². The van der Waals surface area contributed by atoms with Gasteiger partial charge in [0, 0.05) is 19.7 Å². The molecule has 1 amide bonds.